The van der Waals surface area contributed by atoms with Crippen LogP contribution in [0.5, 0.6) is 0 Å². The van der Waals surface area contributed by atoms with E-state index in [4.69, 9.17) is 4.74 Å². The predicted molar refractivity (Wildman–Crippen MR) is 73.0 cm³/mol. The fourth-order valence-electron chi connectivity index (χ4n) is 2.25. The van der Waals surface area contributed by atoms with Crippen LogP contribution in [0.4, 0.5) is 5.69 Å². The Balaban J connectivity index is 2.12. The van der Waals surface area contributed by atoms with Gasteiger partial charge in [-0.3, -0.25) is 10.1 Å². The largest absolute Gasteiger partial charge is 0.370 e. The highest BCUT2D eigenvalue weighted by molar-refractivity contribution is 9.09. The Kier molecular flexibility index (Phi) is 4.35. The first-order valence-corrected chi connectivity index (χ1v) is 7.05. The van der Waals surface area contributed by atoms with Crippen LogP contribution in [-0.2, 0) is 4.74 Å². The number of ether oxygens (including phenoxy) is 1. The zero-order valence-corrected chi connectivity index (χ0v) is 11.8. The Morgan fingerprint density at radius 1 is 1.39 bits per heavy atom. The second-order valence-corrected chi connectivity index (χ2v) is 5.87. The van der Waals surface area contributed by atoms with Crippen LogP contribution in [0.3, 0.4) is 0 Å². The molecule has 3 atom stereocenters. The maximum Gasteiger partial charge on any atom is 0.269 e. The summed E-state index contributed by atoms with van der Waals surface area (Å²) in [4.78, 5) is 10.7. The summed E-state index contributed by atoms with van der Waals surface area (Å²) in [6.45, 7) is 2.11. The van der Waals surface area contributed by atoms with Crippen molar-refractivity contribution in [2.75, 3.05) is 0 Å². The van der Waals surface area contributed by atoms with Crippen molar-refractivity contribution >= 4 is 21.6 Å². The maximum atomic E-state index is 10.6. The number of nitrogens with zero attached hydrogens (tertiary/aromatic N) is 1. The van der Waals surface area contributed by atoms with Crippen molar-refractivity contribution in [1.82, 2.24) is 0 Å². The van der Waals surface area contributed by atoms with E-state index in [0.717, 1.165) is 24.8 Å². The molecule has 1 aromatic rings. The molecule has 0 bridgehead atoms. The van der Waals surface area contributed by atoms with E-state index in [2.05, 4.69) is 22.9 Å². The van der Waals surface area contributed by atoms with E-state index in [-0.39, 0.29) is 22.8 Å². The van der Waals surface area contributed by atoms with Gasteiger partial charge in [-0.2, -0.15) is 0 Å². The minimum Gasteiger partial charge on any atom is -0.370 e. The quantitative estimate of drug-likeness (QED) is 0.481. The number of hydrogen-bond donors (Lipinski definition) is 0. The van der Waals surface area contributed by atoms with Crippen molar-refractivity contribution in [3.05, 3.63) is 39.9 Å². The van der Waals surface area contributed by atoms with Gasteiger partial charge in [-0.15, -0.1) is 0 Å². The van der Waals surface area contributed by atoms with Crippen LogP contribution >= 0.6 is 15.9 Å². The molecule has 1 aromatic carbocycles. The lowest BCUT2D eigenvalue weighted by Gasteiger charge is -2.33. The highest BCUT2D eigenvalue weighted by Crippen LogP contribution is 2.36. The SMILES string of the molecule is CC[C@H]1C[C@@H](Br)C[C@@H](c2ccc([N+](=O)[O-])cc2)O1. The van der Waals surface area contributed by atoms with E-state index in [1.54, 1.807) is 12.1 Å². The molecule has 0 spiro atoms. The van der Waals surface area contributed by atoms with Crippen LogP contribution in [-0.4, -0.2) is 15.9 Å². The lowest BCUT2D eigenvalue weighted by atomic mass is 9.97. The molecule has 0 N–H and O–H groups in total. The number of nitro benzene ring substituents is 1. The molecule has 1 heterocycles. The number of non-ortho nitro benzene ring substituents is 1. The number of benzene rings is 1. The number of rotatable bonds is 3. The van der Waals surface area contributed by atoms with Gasteiger partial charge in [0.2, 0.25) is 0 Å². The van der Waals surface area contributed by atoms with E-state index in [0.29, 0.717) is 4.83 Å². The minimum atomic E-state index is -0.381. The van der Waals surface area contributed by atoms with E-state index in [1.807, 2.05) is 0 Å². The Morgan fingerprint density at radius 3 is 2.61 bits per heavy atom. The minimum absolute atomic E-state index is 0.0360. The molecule has 0 saturated carbocycles. The first-order chi connectivity index (χ1) is 8.60. The Morgan fingerprint density at radius 2 is 2.06 bits per heavy atom. The molecular weight excluding hydrogens is 298 g/mol. The molecule has 1 saturated heterocycles. The molecule has 5 heteroatoms. The standard InChI is InChI=1S/C13H16BrNO3/c1-2-12-7-10(14)8-13(18-12)9-3-5-11(6-4-9)15(16)17/h3-6,10,12-13H,2,7-8H2,1H3/t10-,12+,13+/m1/s1. The van der Waals surface area contributed by atoms with Crippen LogP contribution in [0.25, 0.3) is 0 Å². The molecule has 18 heavy (non-hydrogen) atoms. The third kappa shape index (κ3) is 3.09. The summed E-state index contributed by atoms with van der Waals surface area (Å²) < 4.78 is 5.99. The average molecular weight is 314 g/mol. The third-order valence-electron chi connectivity index (χ3n) is 3.28. The van der Waals surface area contributed by atoms with Crippen LogP contribution in [0.2, 0.25) is 0 Å². The zero-order chi connectivity index (χ0) is 13.1. The summed E-state index contributed by atoms with van der Waals surface area (Å²) in [7, 11) is 0. The van der Waals surface area contributed by atoms with Gasteiger partial charge in [0, 0.05) is 17.0 Å². The number of nitro groups is 1. The summed E-state index contributed by atoms with van der Waals surface area (Å²) in [6, 6.07) is 6.66. The lowest BCUT2D eigenvalue weighted by Crippen LogP contribution is -2.28. The molecule has 1 aliphatic rings. The first-order valence-electron chi connectivity index (χ1n) is 6.14. The molecule has 0 radical (unpaired) electrons. The maximum absolute atomic E-state index is 10.6. The summed E-state index contributed by atoms with van der Waals surface area (Å²) in [5.74, 6) is 0. The normalized spacial score (nSPS) is 28.0. The Hall–Kier alpha value is -0.940. The van der Waals surface area contributed by atoms with Gasteiger partial charge < -0.3 is 4.74 Å². The van der Waals surface area contributed by atoms with Crippen molar-refractivity contribution in [1.29, 1.82) is 0 Å². The molecule has 0 unspecified atom stereocenters. The highest BCUT2D eigenvalue weighted by Gasteiger charge is 2.28. The molecule has 0 aliphatic carbocycles. The third-order valence-corrected chi connectivity index (χ3v) is 4.02. The molecule has 98 valence electrons. The average Bonchev–Trinajstić information content (AvgIpc) is 2.38. The smallest absolute Gasteiger partial charge is 0.269 e. The van der Waals surface area contributed by atoms with Gasteiger partial charge >= 0.3 is 0 Å². The fourth-order valence-corrected chi connectivity index (χ4v) is 3.00. The first kappa shape index (κ1) is 13.5. The second-order valence-electron chi connectivity index (χ2n) is 4.57. The lowest BCUT2D eigenvalue weighted by molar-refractivity contribution is -0.384. The number of halogens is 1. The monoisotopic (exact) mass is 313 g/mol. The van der Waals surface area contributed by atoms with Gasteiger partial charge in [-0.25, -0.2) is 0 Å². The van der Waals surface area contributed by atoms with E-state index in [9.17, 15) is 10.1 Å². The second kappa shape index (κ2) is 5.80. The topological polar surface area (TPSA) is 52.4 Å². The molecular formula is C13H16BrNO3. The zero-order valence-electron chi connectivity index (χ0n) is 10.2. The Labute approximate surface area is 115 Å². The van der Waals surface area contributed by atoms with E-state index in [1.165, 1.54) is 12.1 Å². The summed E-state index contributed by atoms with van der Waals surface area (Å²) in [5.41, 5.74) is 1.14. The summed E-state index contributed by atoms with van der Waals surface area (Å²) >= 11 is 3.66. The Bertz CT molecular complexity index is 421. The van der Waals surface area contributed by atoms with Gasteiger partial charge in [0.1, 0.15) is 0 Å². The van der Waals surface area contributed by atoms with Gasteiger partial charge in [0.05, 0.1) is 17.1 Å². The van der Waals surface area contributed by atoms with Crippen LogP contribution in [0.1, 0.15) is 37.9 Å². The molecule has 0 amide bonds. The molecule has 1 aliphatic heterocycles. The number of alkyl halides is 1. The van der Waals surface area contributed by atoms with Gasteiger partial charge in [-0.1, -0.05) is 22.9 Å². The van der Waals surface area contributed by atoms with Crippen LogP contribution < -0.4 is 0 Å². The molecule has 4 nitrogen and oxygen atoms in total. The van der Waals surface area contributed by atoms with Crippen LogP contribution in [0, 0.1) is 10.1 Å². The fraction of sp³-hybridized carbons (Fsp3) is 0.538. The van der Waals surface area contributed by atoms with E-state index >= 15 is 0 Å². The van der Waals surface area contributed by atoms with Crippen molar-refractivity contribution in [3.8, 4) is 0 Å². The van der Waals surface area contributed by atoms with Crippen molar-refractivity contribution in [2.24, 2.45) is 0 Å². The van der Waals surface area contributed by atoms with Gasteiger partial charge in [-0.05, 0) is 37.0 Å². The molecule has 0 aromatic heterocycles. The highest BCUT2D eigenvalue weighted by atomic mass is 79.9. The predicted octanol–water partition coefficient (Wildman–Crippen LogP) is 3.99. The summed E-state index contributed by atoms with van der Waals surface area (Å²) in [6.07, 6.45) is 3.23. The van der Waals surface area contributed by atoms with Crippen LogP contribution in [0.15, 0.2) is 24.3 Å². The van der Waals surface area contributed by atoms with Gasteiger partial charge in [0.25, 0.3) is 5.69 Å². The van der Waals surface area contributed by atoms with E-state index < -0.39 is 0 Å². The van der Waals surface area contributed by atoms with Crippen molar-refractivity contribution in [2.45, 2.75) is 43.2 Å². The van der Waals surface area contributed by atoms with Crippen molar-refractivity contribution < 1.29 is 9.66 Å². The van der Waals surface area contributed by atoms with Gasteiger partial charge in [0.15, 0.2) is 0 Å². The number of hydrogen-bond acceptors (Lipinski definition) is 3. The van der Waals surface area contributed by atoms with Crippen molar-refractivity contribution in [3.63, 3.8) is 0 Å². The molecule has 1 fully saturated rings. The molecule has 2 rings (SSSR count). The summed E-state index contributed by atoms with van der Waals surface area (Å²) in [5, 5.41) is 10.6.